The van der Waals surface area contributed by atoms with Crippen molar-refractivity contribution >= 4 is 23.4 Å². The minimum atomic E-state index is -4.55. The molecule has 0 aliphatic rings. The Bertz CT molecular complexity index is 868. The van der Waals surface area contributed by atoms with E-state index >= 15 is 0 Å². The van der Waals surface area contributed by atoms with Crippen LogP contribution in [-0.2, 0) is 22.2 Å². The maximum atomic E-state index is 12.9. The maximum absolute atomic E-state index is 12.9. The topological polar surface area (TPSA) is 87.5 Å². The second-order valence-electron chi connectivity index (χ2n) is 5.79. The number of carboxylic acid groups (broad SMARTS) is 1. The fourth-order valence-electron chi connectivity index (χ4n) is 2.36. The van der Waals surface area contributed by atoms with Crippen LogP contribution in [0.25, 0.3) is 11.3 Å². The van der Waals surface area contributed by atoms with Crippen LogP contribution in [0.15, 0.2) is 30.3 Å². The minimum Gasteiger partial charge on any atom is -0.506 e. The molecule has 0 aliphatic heterocycles. The predicted octanol–water partition coefficient (Wildman–Crippen LogP) is 4.49. The van der Waals surface area contributed by atoms with Gasteiger partial charge in [-0.15, -0.1) is 0 Å². The Labute approximate surface area is 157 Å². The average molecular weight is 402 g/mol. The Morgan fingerprint density at radius 1 is 1.07 bits per heavy atom. The van der Waals surface area contributed by atoms with E-state index in [0.29, 0.717) is 0 Å². The summed E-state index contributed by atoms with van der Waals surface area (Å²) in [6.07, 6.45) is -5.01. The Hall–Kier alpha value is -2.61. The first kappa shape index (κ1) is 20.7. The molecule has 2 aromatic rings. The van der Waals surface area contributed by atoms with Gasteiger partial charge in [0.1, 0.15) is 11.5 Å². The van der Waals surface area contributed by atoms with Crippen LogP contribution in [-0.4, -0.2) is 26.9 Å². The number of carboxylic acids is 1. The van der Waals surface area contributed by atoms with E-state index in [0.717, 1.165) is 18.2 Å². The van der Waals surface area contributed by atoms with E-state index in [1.54, 1.807) is 0 Å². The summed E-state index contributed by atoms with van der Waals surface area (Å²) in [4.78, 5) is 26.3. The Kier molecular flexibility index (Phi) is 6.43. The van der Waals surface area contributed by atoms with Crippen LogP contribution in [0.1, 0.15) is 30.5 Å². The molecule has 5 nitrogen and oxygen atoms in total. The number of aryl methyl sites for hydroxylation is 1. The van der Waals surface area contributed by atoms with Gasteiger partial charge in [0.05, 0.1) is 23.4 Å². The number of Topliss-reactive ketones (excluding diaryl/α,β-unsaturated/α-hetero) is 1. The molecule has 0 fully saturated rings. The van der Waals surface area contributed by atoms with Crippen molar-refractivity contribution in [3.8, 4) is 17.0 Å². The number of hydrogen-bond acceptors (Lipinski definition) is 4. The summed E-state index contributed by atoms with van der Waals surface area (Å²) in [5.41, 5.74) is -0.603. The molecule has 2 rings (SSSR count). The number of halogens is 4. The summed E-state index contributed by atoms with van der Waals surface area (Å²) < 4.78 is 38.7. The number of carbonyl (C=O) groups is 2. The molecule has 0 bridgehead atoms. The molecular weight excluding hydrogens is 387 g/mol. The van der Waals surface area contributed by atoms with E-state index in [1.165, 1.54) is 12.1 Å². The lowest BCUT2D eigenvalue weighted by molar-refractivity contribution is -0.138. The third-order valence-corrected chi connectivity index (χ3v) is 4.11. The Morgan fingerprint density at radius 3 is 2.41 bits per heavy atom. The number of aromatic hydroxyl groups is 1. The molecule has 144 valence electrons. The third kappa shape index (κ3) is 5.68. The highest BCUT2D eigenvalue weighted by Crippen LogP contribution is 2.36. The number of aromatic nitrogens is 1. The molecule has 0 radical (unpaired) electrons. The molecule has 1 aromatic carbocycles. The van der Waals surface area contributed by atoms with E-state index in [4.69, 9.17) is 16.7 Å². The maximum Gasteiger partial charge on any atom is 0.416 e. The molecule has 27 heavy (non-hydrogen) atoms. The highest BCUT2D eigenvalue weighted by Gasteiger charge is 2.31. The van der Waals surface area contributed by atoms with Gasteiger partial charge < -0.3 is 10.2 Å². The number of alkyl halides is 3. The summed E-state index contributed by atoms with van der Waals surface area (Å²) in [6.45, 7) is 0. The molecule has 1 heterocycles. The van der Waals surface area contributed by atoms with Crippen molar-refractivity contribution in [2.24, 2.45) is 0 Å². The zero-order valence-corrected chi connectivity index (χ0v) is 14.6. The molecular formula is C18H15ClF3NO4. The largest absolute Gasteiger partial charge is 0.506 e. The second-order valence-corrected chi connectivity index (χ2v) is 6.19. The highest BCUT2D eigenvalue weighted by molar-refractivity contribution is 6.33. The second kappa shape index (κ2) is 8.39. The van der Waals surface area contributed by atoms with Crippen molar-refractivity contribution in [2.75, 3.05) is 0 Å². The number of benzene rings is 1. The summed E-state index contributed by atoms with van der Waals surface area (Å²) in [5.74, 6) is -1.63. The van der Waals surface area contributed by atoms with Crippen LogP contribution in [0, 0.1) is 0 Å². The van der Waals surface area contributed by atoms with Crippen molar-refractivity contribution in [2.45, 2.75) is 31.9 Å². The molecule has 1 aromatic heterocycles. The van der Waals surface area contributed by atoms with E-state index < -0.39 is 17.7 Å². The SMILES string of the molecule is O=C(O)CCC(=O)CCc1nc(-c2cc(C(F)(F)F)ccc2Cl)ccc1O. The summed E-state index contributed by atoms with van der Waals surface area (Å²) in [6, 6.07) is 5.42. The van der Waals surface area contributed by atoms with Crippen molar-refractivity contribution in [3.05, 3.63) is 46.6 Å². The molecule has 0 aliphatic carbocycles. The molecule has 0 spiro atoms. The van der Waals surface area contributed by atoms with Crippen molar-refractivity contribution in [1.82, 2.24) is 4.98 Å². The van der Waals surface area contributed by atoms with E-state index in [2.05, 4.69) is 4.98 Å². The van der Waals surface area contributed by atoms with Gasteiger partial charge in [-0.2, -0.15) is 13.2 Å². The van der Waals surface area contributed by atoms with E-state index in [-0.39, 0.29) is 59.2 Å². The fraction of sp³-hybridized carbons (Fsp3) is 0.278. The molecule has 0 saturated carbocycles. The van der Waals surface area contributed by atoms with Crippen LogP contribution >= 0.6 is 11.6 Å². The summed E-state index contributed by atoms with van der Waals surface area (Å²) in [5, 5.41) is 18.5. The smallest absolute Gasteiger partial charge is 0.416 e. The van der Waals surface area contributed by atoms with Gasteiger partial charge in [0, 0.05) is 29.8 Å². The lowest BCUT2D eigenvalue weighted by Crippen LogP contribution is -2.06. The van der Waals surface area contributed by atoms with Gasteiger partial charge in [-0.3, -0.25) is 9.59 Å². The normalized spacial score (nSPS) is 11.4. The first-order chi connectivity index (χ1) is 12.6. The van der Waals surface area contributed by atoms with Gasteiger partial charge >= 0.3 is 12.1 Å². The number of pyridine rings is 1. The van der Waals surface area contributed by atoms with Crippen LogP contribution in [0.5, 0.6) is 5.75 Å². The summed E-state index contributed by atoms with van der Waals surface area (Å²) >= 11 is 5.99. The number of hydrogen-bond donors (Lipinski definition) is 2. The standard InChI is InChI=1S/C18H15ClF3NO4/c19-13-4-1-10(18(20,21)22)9-12(13)14-6-7-16(25)15(23-14)5-2-11(24)3-8-17(26)27/h1,4,6-7,9,25H,2-3,5,8H2,(H,26,27). The summed E-state index contributed by atoms with van der Waals surface area (Å²) in [7, 11) is 0. The first-order valence-electron chi connectivity index (χ1n) is 7.87. The molecule has 0 amide bonds. The van der Waals surface area contributed by atoms with Crippen LogP contribution in [0.3, 0.4) is 0 Å². The Morgan fingerprint density at radius 2 is 1.78 bits per heavy atom. The van der Waals surface area contributed by atoms with Crippen molar-refractivity contribution in [1.29, 1.82) is 0 Å². The van der Waals surface area contributed by atoms with Gasteiger partial charge in [0.15, 0.2) is 0 Å². The van der Waals surface area contributed by atoms with Crippen LogP contribution in [0.2, 0.25) is 5.02 Å². The first-order valence-corrected chi connectivity index (χ1v) is 8.25. The van der Waals surface area contributed by atoms with Gasteiger partial charge in [-0.25, -0.2) is 4.98 Å². The number of rotatable bonds is 7. The van der Waals surface area contributed by atoms with Crippen molar-refractivity contribution < 1.29 is 33.0 Å². The Balaban J connectivity index is 2.25. The predicted molar refractivity (Wildman–Crippen MR) is 91.5 cm³/mol. The lowest BCUT2D eigenvalue weighted by atomic mass is 10.0. The fourth-order valence-corrected chi connectivity index (χ4v) is 2.57. The molecule has 2 N–H and O–H groups in total. The van der Waals surface area contributed by atoms with Crippen LogP contribution < -0.4 is 0 Å². The average Bonchev–Trinajstić information content (AvgIpc) is 2.58. The number of nitrogens with zero attached hydrogens (tertiary/aromatic N) is 1. The zero-order chi connectivity index (χ0) is 20.2. The highest BCUT2D eigenvalue weighted by atomic mass is 35.5. The third-order valence-electron chi connectivity index (χ3n) is 3.78. The number of aliphatic carboxylic acids is 1. The zero-order valence-electron chi connectivity index (χ0n) is 13.9. The number of carbonyl (C=O) groups excluding carboxylic acids is 1. The number of ketones is 1. The monoisotopic (exact) mass is 401 g/mol. The van der Waals surface area contributed by atoms with Gasteiger partial charge in [-0.05, 0) is 30.3 Å². The lowest BCUT2D eigenvalue weighted by Gasteiger charge is -2.12. The minimum absolute atomic E-state index is 0.0225. The van der Waals surface area contributed by atoms with E-state index in [1.807, 2.05) is 0 Å². The molecule has 0 atom stereocenters. The molecule has 0 saturated heterocycles. The van der Waals surface area contributed by atoms with Gasteiger partial charge in [0.2, 0.25) is 0 Å². The van der Waals surface area contributed by atoms with Gasteiger partial charge in [-0.1, -0.05) is 11.6 Å². The quantitative estimate of drug-likeness (QED) is 0.713. The van der Waals surface area contributed by atoms with E-state index in [9.17, 15) is 27.9 Å². The van der Waals surface area contributed by atoms with Gasteiger partial charge in [0.25, 0.3) is 0 Å². The molecule has 0 unspecified atom stereocenters. The van der Waals surface area contributed by atoms with Crippen molar-refractivity contribution in [3.63, 3.8) is 0 Å². The molecule has 9 heteroatoms. The van der Waals surface area contributed by atoms with Crippen LogP contribution in [0.4, 0.5) is 13.2 Å².